The van der Waals surface area contributed by atoms with E-state index in [1.54, 1.807) is 31.8 Å². The molecule has 102 valence electrons. The molecule has 2 heterocycles. The van der Waals surface area contributed by atoms with Gasteiger partial charge in [-0.1, -0.05) is 6.92 Å². The highest BCUT2D eigenvalue weighted by Gasteiger charge is 2.19. The molecule has 0 aromatic carbocycles. The largest absolute Gasteiger partial charge is 0.496 e. The maximum Gasteiger partial charge on any atom is 0.137 e. The van der Waals surface area contributed by atoms with Crippen molar-refractivity contribution in [2.24, 2.45) is 0 Å². The molecular formula is C14H18N2O2S. The van der Waals surface area contributed by atoms with Gasteiger partial charge in [-0.15, -0.1) is 11.3 Å². The smallest absolute Gasteiger partial charge is 0.137 e. The number of methoxy groups -OCH3 is 2. The molecule has 0 aliphatic carbocycles. The van der Waals surface area contributed by atoms with Crippen LogP contribution in [0.4, 0.5) is 0 Å². The molecule has 1 atom stereocenters. The Kier molecular flexibility index (Phi) is 4.76. The van der Waals surface area contributed by atoms with E-state index in [9.17, 15) is 0 Å². The third kappa shape index (κ3) is 3.05. The number of nitrogens with zero attached hydrogens (tertiary/aromatic N) is 1. The second-order valence-corrected chi connectivity index (χ2v) is 4.95. The maximum absolute atomic E-state index is 5.41. The Morgan fingerprint density at radius 1 is 1.32 bits per heavy atom. The quantitative estimate of drug-likeness (QED) is 0.882. The fourth-order valence-corrected chi connectivity index (χ4v) is 2.92. The first-order chi connectivity index (χ1) is 9.30. The normalized spacial score (nSPS) is 12.2. The summed E-state index contributed by atoms with van der Waals surface area (Å²) in [5.41, 5.74) is 1.07. The minimum absolute atomic E-state index is 0.0718. The molecule has 0 bridgehead atoms. The average Bonchev–Trinajstić information content (AvgIpc) is 2.93. The standard InChI is InChI=1S/C14H18N2O2S/c1-4-16-13(14-12(18-3)5-6-19-14)10-7-11(17-2)9-15-8-10/h5-9,13,16H,4H2,1-3H3. The molecule has 1 N–H and O–H groups in total. The van der Waals surface area contributed by atoms with E-state index in [1.165, 1.54) is 0 Å². The lowest BCUT2D eigenvalue weighted by molar-refractivity contribution is 0.405. The van der Waals surface area contributed by atoms with Crippen LogP contribution in [-0.4, -0.2) is 25.7 Å². The van der Waals surface area contributed by atoms with E-state index >= 15 is 0 Å². The highest BCUT2D eigenvalue weighted by atomic mass is 32.1. The number of rotatable bonds is 6. The molecule has 0 amide bonds. The van der Waals surface area contributed by atoms with Crippen LogP contribution in [0.2, 0.25) is 0 Å². The lowest BCUT2D eigenvalue weighted by Gasteiger charge is -2.18. The molecule has 0 aliphatic rings. The van der Waals surface area contributed by atoms with Crippen molar-refractivity contribution in [2.45, 2.75) is 13.0 Å². The van der Waals surface area contributed by atoms with Gasteiger partial charge in [0.15, 0.2) is 0 Å². The SMILES string of the molecule is CCNC(c1cncc(OC)c1)c1sccc1OC. The predicted octanol–water partition coefficient (Wildman–Crippen LogP) is 2.86. The summed E-state index contributed by atoms with van der Waals surface area (Å²) in [6, 6.07) is 4.06. The van der Waals surface area contributed by atoms with Crippen molar-refractivity contribution < 1.29 is 9.47 Å². The van der Waals surface area contributed by atoms with Crippen LogP contribution < -0.4 is 14.8 Å². The predicted molar refractivity (Wildman–Crippen MR) is 77.2 cm³/mol. The Hall–Kier alpha value is -1.59. The van der Waals surface area contributed by atoms with Gasteiger partial charge in [0.05, 0.1) is 31.3 Å². The summed E-state index contributed by atoms with van der Waals surface area (Å²) in [5.74, 6) is 1.66. The lowest BCUT2D eigenvalue weighted by Crippen LogP contribution is -2.21. The van der Waals surface area contributed by atoms with Crippen molar-refractivity contribution in [3.05, 3.63) is 40.3 Å². The Labute approximate surface area is 117 Å². The highest BCUT2D eigenvalue weighted by molar-refractivity contribution is 7.10. The number of hydrogen-bond donors (Lipinski definition) is 1. The number of aromatic nitrogens is 1. The molecule has 0 radical (unpaired) electrons. The first-order valence-corrected chi connectivity index (χ1v) is 7.01. The summed E-state index contributed by atoms with van der Waals surface area (Å²) < 4.78 is 10.6. The summed E-state index contributed by atoms with van der Waals surface area (Å²) in [7, 11) is 3.34. The summed E-state index contributed by atoms with van der Waals surface area (Å²) in [5, 5.41) is 5.50. The van der Waals surface area contributed by atoms with E-state index in [4.69, 9.17) is 9.47 Å². The van der Waals surface area contributed by atoms with Gasteiger partial charge >= 0.3 is 0 Å². The molecule has 2 aromatic rings. The van der Waals surface area contributed by atoms with E-state index in [1.807, 2.05) is 23.7 Å². The number of nitrogens with one attached hydrogen (secondary N) is 1. The molecule has 0 spiro atoms. The van der Waals surface area contributed by atoms with E-state index in [0.717, 1.165) is 28.5 Å². The third-order valence-corrected chi connectivity index (χ3v) is 3.81. The summed E-state index contributed by atoms with van der Waals surface area (Å²) >= 11 is 1.67. The van der Waals surface area contributed by atoms with Gasteiger partial charge in [-0.25, -0.2) is 0 Å². The van der Waals surface area contributed by atoms with Gasteiger partial charge in [0, 0.05) is 6.20 Å². The minimum atomic E-state index is 0.0718. The van der Waals surface area contributed by atoms with Gasteiger partial charge in [-0.2, -0.15) is 0 Å². The number of ether oxygens (including phenoxy) is 2. The Balaban J connectivity index is 2.39. The molecule has 4 nitrogen and oxygen atoms in total. The summed E-state index contributed by atoms with van der Waals surface area (Å²) in [6.07, 6.45) is 3.56. The molecule has 0 saturated heterocycles. The van der Waals surface area contributed by atoms with Crippen molar-refractivity contribution in [2.75, 3.05) is 20.8 Å². The summed E-state index contributed by atoms with van der Waals surface area (Å²) in [4.78, 5) is 5.38. The number of hydrogen-bond acceptors (Lipinski definition) is 5. The van der Waals surface area contributed by atoms with Crippen molar-refractivity contribution in [1.29, 1.82) is 0 Å². The third-order valence-electron chi connectivity index (χ3n) is 2.85. The molecule has 19 heavy (non-hydrogen) atoms. The van der Waals surface area contributed by atoms with Crippen molar-refractivity contribution >= 4 is 11.3 Å². The van der Waals surface area contributed by atoms with E-state index in [0.29, 0.717) is 0 Å². The molecule has 1 unspecified atom stereocenters. The van der Waals surface area contributed by atoms with Crippen LogP contribution in [0.15, 0.2) is 29.9 Å². The zero-order valence-electron chi connectivity index (χ0n) is 11.3. The van der Waals surface area contributed by atoms with Crippen LogP contribution in [0.1, 0.15) is 23.4 Å². The lowest BCUT2D eigenvalue weighted by atomic mass is 10.1. The van der Waals surface area contributed by atoms with E-state index in [2.05, 4.69) is 17.2 Å². The van der Waals surface area contributed by atoms with Gasteiger partial charge in [-0.05, 0) is 29.6 Å². The molecular weight excluding hydrogens is 260 g/mol. The van der Waals surface area contributed by atoms with Crippen LogP contribution in [0.3, 0.4) is 0 Å². The number of pyridine rings is 1. The monoisotopic (exact) mass is 278 g/mol. The zero-order chi connectivity index (χ0) is 13.7. The average molecular weight is 278 g/mol. The van der Waals surface area contributed by atoms with E-state index in [-0.39, 0.29) is 6.04 Å². The summed E-state index contributed by atoms with van der Waals surface area (Å²) in [6.45, 7) is 2.95. The van der Waals surface area contributed by atoms with Crippen molar-refractivity contribution in [1.82, 2.24) is 10.3 Å². The van der Waals surface area contributed by atoms with Gasteiger partial charge < -0.3 is 14.8 Å². The van der Waals surface area contributed by atoms with Gasteiger partial charge in [0.2, 0.25) is 0 Å². The topological polar surface area (TPSA) is 43.4 Å². The molecule has 0 saturated carbocycles. The molecule has 2 aromatic heterocycles. The molecule has 0 aliphatic heterocycles. The van der Waals surface area contributed by atoms with Crippen molar-refractivity contribution in [3.63, 3.8) is 0 Å². The van der Waals surface area contributed by atoms with Gasteiger partial charge in [0.25, 0.3) is 0 Å². The van der Waals surface area contributed by atoms with Crippen LogP contribution in [0, 0.1) is 0 Å². The second kappa shape index (κ2) is 6.54. The Morgan fingerprint density at radius 2 is 2.16 bits per heavy atom. The first kappa shape index (κ1) is 13.8. The van der Waals surface area contributed by atoms with Gasteiger partial charge in [0.1, 0.15) is 11.5 Å². The minimum Gasteiger partial charge on any atom is -0.496 e. The van der Waals surface area contributed by atoms with Crippen LogP contribution in [0.25, 0.3) is 0 Å². The Bertz CT molecular complexity index is 528. The molecule has 0 fully saturated rings. The second-order valence-electron chi connectivity index (χ2n) is 4.00. The molecule has 2 rings (SSSR count). The van der Waals surface area contributed by atoms with Crippen molar-refractivity contribution in [3.8, 4) is 11.5 Å². The maximum atomic E-state index is 5.41. The molecule has 5 heteroatoms. The zero-order valence-corrected chi connectivity index (χ0v) is 12.2. The first-order valence-electron chi connectivity index (χ1n) is 6.13. The van der Waals surface area contributed by atoms with Crippen LogP contribution >= 0.6 is 11.3 Å². The fraction of sp³-hybridized carbons (Fsp3) is 0.357. The van der Waals surface area contributed by atoms with Crippen LogP contribution in [0.5, 0.6) is 11.5 Å². The van der Waals surface area contributed by atoms with Gasteiger partial charge in [-0.3, -0.25) is 4.98 Å². The Morgan fingerprint density at radius 3 is 2.84 bits per heavy atom. The van der Waals surface area contributed by atoms with E-state index < -0.39 is 0 Å². The van der Waals surface area contributed by atoms with Crippen LogP contribution in [-0.2, 0) is 0 Å². The fourth-order valence-electron chi connectivity index (χ4n) is 1.96. The highest BCUT2D eigenvalue weighted by Crippen LogP contribution is 2.35. The number of thiophene rings is 1.